The molecule has 0 aliphatic rings. The van der Waals surface area contributed by atoms with Crippen LogP contribution in [0.3, 0.4) is 0 Å². The first-order valence-electron chi connectivity index (χ1n) is 5.57. The number of benzene rings is 2. The Labute approximate surface area is 123 Å². The van der Waals surface area contributed by atoms with E-state index in [0.717, 1.165) is 10.5 Å². The van der Waals surface area contributed by atoms with Crippen molar-refractivity contribution in [3.8, 4) is 6.07 Å². The average Bonchev–Trinajstić information content (AvgIpc) is 2.40. The van der Waals surface area contributed by atoms with Gasteiger partial charge in [-0.15, -0.1) is 0 Å². The summed E-state index contributed by atoms with van der Waals surface area (Å²) in [7, 11) is 0. The number of carbonyl (C=O) groups excluding carboxylic acids is 1. The summed E-state index contributed by atoms with van der Waals surface area (Å²) in [6, 6.07) is 10.2. The zero-order chi connectivity index (χ0) is 14.7. The third kappa shape index (κ3) is 2.95. The van der Waals surface area contributed by atoms with E-state index in [-0.39, 0.29) is 16.8 Å². The summed E-state index contributed by atoms with van der Waals surface area (Å²) in [5, 5.41) is 11.5. The molecule has 6 heteroatoms. The molecule has 0 atom stereocenters. The minimum absolute atomic E-state index is 0.0500. The van der Waals surface area contributed by atoms with Gasteiger partial charge in [-0.05, 0) is 36.4 Å². The molecule has 0 saturated carbocycles. The topological polar surface area (TPSA) is 78.9 Å². The van der Waals surface area contributed by atoms with Gasteiger partial charge in [0.2, 0.25) is 0 Å². The summed E-state index contributed by atoms with van der Waals surface area (Å²) < 4.78 is 13.8. The van der Waals surface area contributed by atoms with Crippen molar-refractivity contribution in [2.75, 3.05) is 11.1 Å². The number of nitrogens with two attached hydrogens (primary N) is 1. The molecular formula is C14H9BrFN3O. The Morgan fingerprint density at radius 1 is 1.30 bits per heavy atom. The number of carbonyl (C=O) groups is 1. The third-order valence-electron chi connectivity index (χ3n) is 2.61. The van der Waals surface area contributed by atoms with Crippen LogP contribution in [0.1, 0.15) is 15.9 Å². The SMILES string of the molecule is N#Cc1cc(F)ccc1NC(=O)c1ccc(Br)cc1N. The lowest BCUT2D eigenvalue weighted by atomic mass is 10.1. The highest BCUT2D eigenvalue weighted by atomic mass is 79.9. The van der Waals surface area contributed by atoms with Crippen LogP contribution in [0.5, 0.6) is 0 Å². The number of hydrogen-bond acceptors (Lipinski definition) is 3. The molecule has 0 bridgehead atoms. The monoisotopic (exact) mass is 333 g/mol. The van der Waals surface area contributed by atoms with Crippen LogP contribution >= 0.6 is 15.9 Å². The van der Waals surface area contributed by atoms with Gasteiger partial charge in [0.05, 0.1) is 16.8 Å². The van der Waals surface area contributed by atoms with Crippen molar-refractivity contribution >= 4 is 33.2 Å². The van der Waals surface area contributed by atoms with Crippen LogP contribution in [0.4, 0.5) is 15.8 Å². The molecule has 0 fully saturated rings. The Balaban J connectivity index is 2.31. The highest BCUT2D eigenvalue weighted by Gasteiger charge is 2.12. The van der Waals surface area contributed by atoms with Crippen LogP contribution in [0.25, 0.3) is 0 Å². The van der Waals surface area contributed by atoms with Gasteiger partial charge in [-0.3, -0.25) is 4.79 Å². The number of hydrogen-bond donors (Lipinski definition) is 2. The van der Waals surface area contributed by atoms with Crippen LogP contribution < -0.4 is 11.1 Å². The molecule has 0 saturated heterocycles. The second-order valence-corrected chi connectivity index (χ2v) is 4.90. The van der Waals surface area contributed by atoms with E-state index in [1.165, 1.54) is 12.1 Å². The lowest BCUT2D eigenvalue weighted by molar-refractivity contribution is 0.102. The van der Waals surface area contributed by atoms with E-state index in [1.807, 2.05) is 6.07 Å². The smallest absolute Gasteiger partial charge is 0.257 e. The van der Waals surface area contributed by atoms with Crippen LogP contribution in [-0.4, -0.2) is 5.91 Å². The van der Waals surface area contributed by atoms with Crippen LogP contribution in [0, 0.1) is 17.1 Å². The maximum Gasteiger partial charge on any atom is 0.257 e. The molecule has 100 valence electrons. The van der Waals surface area contributed by atoms with Gasteiger partial charge in [0.25, 0.3) is 5.91 Å². The zero-order valence-electron chi connectivity index (χ0n) is 10.2. The van der Waals surface area contributed by atoms with E-state index in [2.05, 4.69) is 21.2 Å². The predicted octanol–water partition coefficient (Wildman–Crippen LogP) is 3.29. The normalized spacial score (nSPS) is 9.85. The van der Waals surface area contributed by atoms with E-state index >= 15 is 0 Å². The summed E-state index contributed by atoms with van der Waals surface area (Å²) in [5.74, 6) is -0.999. The largest absolute Gasteiger partial charge is 0.398 e. The summed E-state index contributed by atoms with van der Waals surface area (Å²) >= 11 is 3.25. The number of nitrogen functional groups attached to an aromatic ring is 1. The van der Waals surface area contributed by atoms with Gasteiger partial charge in [0.15, 0.2) is 0 Å². The molecule has 0 aliphatic heterocycles. The van der Waals surface area contributed by atoms with E-state index in [1.54, 1.807) is 18.2 Å². The fraction of sp³-hybridized carbons (Fsp3) is 0. The highest BCUT2D eigenvalue weighted by molar-refractivity contribution is 9.10. The van der Waals surface area contributed by atoms with Crippen LogP contribution in [0.15, 0.2) is 40.9 Å². The molecule has 0 radical (unpaired) electrons. The van der Waals surface area contributed by atoms with Crippen molar-refractivity contribution in [1.82, 2.24) is 0 Å². The molecule has 0 aliphatic carbocycles. The van der Waals surface area contributed by atoms with Crippen LogP contribution in [-0.2, 0) is 0 Å². The molecule has 0 aromatic heterocycles. The molecule has 0 heterocycles. The van der Waals surface area contributed by atoms with E-state index < -0.39 is 11.7 Å². The molecule has 3 N–H and O–H groups in total. The molecular weight excluding hydrogens is 325 g/mol. The number of nitrogens with zero attached hydrogens (tertiary/aromatic N) is 1. The van der Waals surface area contributed by atoms with Crippen molar-refractivity contribution in [1.29, 1.82) is 5.26 Å². The Bertz CT molecular complexity index is 725. The van der Waals surface area contributed by atoms with Crippen molar-refractivity contribution in [2.45, 2.75) is 0 Å². The zero-order valence-corrected chi connectivity index (χ0v) is 11.7. The minimum atomic E-state index is -0.539. The molecule has 2 aromatic rings. The van der Waals surface area contributed by atoms with Crippen LogP contribution in [0.2, 0.25) is 0 Å². The van der Waals surface area contributed by atoms with Gasteiger partial charge >= 0.3 is 0 Å². The lowest BCUT2D eigenvalue weighted by Gasteiger charge is -2.09. The van der Waals surface area contributed by atoms with Crippen molar-refractivity contribution in [2.24, 2.45) is 0 Å². The summed E-state index contributed by atoms with van der Waals surface area (Å²) in [4.78, 5) is 12.1. The first-order valence-corrected chi connectivity index (χ1v) is 6.36. The van der Waals surface area contributed by atoms with Crippen molar-refractivity contribution < 1.29 is 9.18 Å². The number of halogens is 2. The Morgan fingerprint density at radius 3 is 2.70 bits per heavy atom. The van der Waals surface area contributed by atoms with Gasteiger partial charge < -0.3 is 11.1 Å². The first kappa shape index (κ1) is 14.0. The second kappa shape index (κ2) is 5.72. The Kier molecular flexibility index (Phi) is 4.01. The number of rotatable bonds is 2. The van der Waals surface area contributed by atoms with Crippen molar-refractivity contribution in [3.63, 3.8) is 0 Å². The van der Waals surface area contributed by atoms with E-state index in [4.69, 9.17) is 11.0 Å². The fourth-order valence-electron chi connectivity index (χ4n) is 1.65. The maximum absolute atomic E-state index is 13.0. The molecule has 1 amide bonds. The van der Waals surface area contributed by atoms with E-state index in [9.17, 15) is 9.18 Å². The minimum Gasteiger partial charge on any atom is -0.398 e. The summed E-state index contributed by atoms with van der Waals surface area (Å²) in [5.41, 5.74) is 6.62. The Morgan fingerprint density at radius 2 is 2.05 bits per heavy atom. The molecule has 20 heavy (non-hydrogen) atoms. The summed E-state index contributed by atoms with van der Waals surface area (Å²) in [6.07, 6.45) is 0. The fourth-order valence-corrected chi connectivity index (χ4v) is 2.03. The third-order valence-corrected chi connectivity index (χ3v) is 3.10. The highest BCUT2D eigenvalue weighted by Crippen LogP contribution is 2.21. The predicted molar refractivity (Wildman–Crippen MR) is 77.6 cm³/mol. The molecule has 0 unspecified atom stereocenters. The lowest BCUT2D eigenvalue weighted by Crippen LogP contribution is -2.14. The van der Waals surface area contributed by atoms with Crippen molar-refractivity contribution in [3.05, 3.63) is 57.8 Å². The van der Waals surface area contributed by atoms with Gasteiger partial charge in [0, 0.05) is 10.2 Å². The van der Waals surface area contributed by atoms with Gasteiger partial charge in [0.1, 0.15) is 11.9 Å². The number of amides is 1. The maximum atomic E-state index is 13.0. The number of anilines is 2. The number of nitriles is 1. The van der Waals surface area contributed by atoms with E-state index in [0.29, 0.717) is 5.69 Å². The quantitative estimate of drug-likeness (QED) is 0.827. The standard InChI is InChI=1S/C14H9BrFN3O/c15-9-1-3-11(12(18)6-9)14(20)19-13-4-2-10(16)5-8(13)7-17/h1-6H,18H2,(H,19,20). The average molecular weight is 334 g/mol. The summed E-state index contributed by atoms with van der Waals surface area (Å²) in [6.45, 7) is 0. The first-order chi connectivity index (χ1) is 9.51. The van der Waals surface area contributed by atoms with Gasteiger partial charge in [-0.1, -0.05) is 15.9 Å². The number of nitrogens with one attached hydrogen (secondary N) is 1. The van der Waals surface area contributed by atoms with Gasteiger partial charge in [-0.25, -0.2) is 4.39 Å². The molecule has 2 rings (SSSR count). The second-order valence-electron chi connectivity index (χ2n) is 3.99. The Hall–Kier alpha value is -2.39. The molecule has 4 nitrogen and oxygen atoms in total. The molecule has 0 spiro atoms. The molecule has 2 aromatic carbocycles. The van der Waals surface area contributed by atoms with Gasteiger partial charge in [-0.2, -0.15) is 5.26 Å².